The lowest BCUT2D eigenvalue weighted by molar-refractivity contribution is 0.299. The van der Waals surface area contributed by atoms with E-state index in [2.05, 4.69) is 31.7 Å². The van der Waals surface area contributed by atoms with Crippen LogP contribution in [0.25, 0.3) is 0 Å². The summed E-state index contributed by atoms with van der Waals surface area (Å²) in [6.45, 7) is 6.00. The molecule has 0 atom stereocenters. The minimum Gasteiger partial charge on any atom is -0.396 e. The molecule has 0 aromatic heterocycles. The summed E-state index contributed by atoms with van der Waals surface area (Å²) in [6.07, 6.45) is 3.52. The maximum Gasteiger partial charge on any atom is 0.0471 e. The maximum atomic E-state index is 8.88. The average molecular weight is 176 g/mol. The Morgan fingerprint density at radius 3 is 2.77 bits per heavy atom. The van der Waals surface area contributed by atoms with Crippen LogP contribution in [-0.4, -0.2) is 11.7 Å². The monoisotopic (exact) mass is 176 g/mol. The molecule has 0 heterocycles. The maximum absolute atomic E-state index is 8.88. The Hall–Kier alpha value is -1.08. The number of rotatable bonds is 4. The first-order chi connectivity index (χ1) is 6.27. The van der Waals surface area contributed by atoms with Crippen LogP contribution in [0.3, 0.4) is 0 Å². The summed E-state index contributed by atoms with van der Waals surface area (Å²) in [5.41, 5.74) is 3.76. The topological polar surface area (TPSA) is 20.2 Å². The SMILES string of the molecule is C=CCc1ccc(C)cc1CCO. The van der Waals surface area contributed by atoms with Gasteiger partial charge in [0.2, 0.25) is 0 Å². The standard InChI is InChI=1S/C12H16O/c1-3-4-11-6-5-10(2)9-12(11)7-8-13/h3,5-6,9,13H,1,4,7-8H2,2H3. The van der Waals surface area contributed by atoms with Crippen molar-refractivity contribution in [3.05, 3.63) is 47.5 Å². The molecule has 0 unspecified atom stereocenters. The molecule has 1 N–H and O–H groups in total. The summed E-state index contributed by atoms with van der Waals surface area (Å²) in [5.74, 6) is 0. The van der Waals surface area contributed by atoms with Gasteiger partial charge in [0.1, 0.15) is 0 Å². The van der Waals surface area contributed by atoms with Gasteiger partial charge in [-0.25, -0.2) is 0 Å². The zero-order valence-electron chi connectivity index (χ0n) is 8.09. The normalized spacial score (nSPS) is 10.0. The number of benzene rings is 1. The van der Waals surface area contributed by atoms with E-state index in [1.54, 1.807) is 0 Å². The van der Waals surface area contributed by atoms with E-state index < -0.39 is 0 Å². The molecule has 0 aliphatic rings. The number of hydrogen-bond donors (Lipinski definition) is 1. The van der Waals surface area contributed by atoms with Gasteiger partial charge in [-0.05, 0) is 30.9 Å². The molecule has 0 fully saturated rings. The minimum atomic E-state index is 0.216. The van der Waals surface area contributed by atoms with E-state index in [9.17, 15) is 0 Å². The molecule has 0 aliphatic heterocycles. The van der Waals surface area contributed by atoms with Crippen molar-refractivity contribution < 1.29 is 5.11 Å². The van der Waals surface area contributed by atoms with E-state index >= 15 is 0 Å². The third-order valence-electron chi connectivity index (χ3n) is 2.11. The first-order valence-electron chi connectivity index (χ1n) is 4.58. The lowest BCUT2D eigenvalue weighted by Crippen LogP contribution is -1.97. The van der Waals surface area contributed by atoms with Gasteiger partial charge in [0.05, 0.1) is 0 Å². The quantitative estimate of drug-likeness (QED) is 0.698. The number of aliphatic hydroxyl groups is 1. The van der Waals surface area contributed by atoms with E-state index in [0.29, 0.717) is 0 Å². The second kappa shape index (κ2) is 4.83. The molecule has 1 aromatic rings. The second-order valence-electron chi connectivity index (χ2n) is 3.24. The van der Waals surface area contributed by atoms with E-state index in [1.807, 2.05) is 6.08 Å². The highest BCUT2D eigenvalue weighted by Crippen LogP contribution is 2.13. The highest BCUT2D eigenvalue weighted by atomic mass is 16.2. The van der Waals surface area contributed by atoms with Crippen molar-refractivity contribution in [1.29, 1.82) is 0 Å². The first-order valence-corrected chi connectivity index (χ1v) is 4.58. The number of hydrogen-bond acceptors (Lipinski definition) is 1. The van der Waals surface area contributed by atoms with Gasteiger partial charge in [-0.1, -0.05) is 29.8 Å². The molecule has 0 amide bonds. The molecule has 0 saturated heterocycles. The lowest BCUT2D eigenvalue weighted by atomic mass is 10.00. The molecular formula is C12H16O. The van der Waals surface area contributed by atoms with Crippen LogP contribution in [-0.2, 0) is 12.8 Å². The zero-order valence-corrected chi connectivity index (χ0v) is 8.09. The van der Waals surface area contributed by atoms with Crippen molar-refractivity contribution in [2.75, 3.05) is 6.61 Å². The fourth-order valence-electron chi connectivity index (χ4n) is 1.46. The lowest BCUT2D eigenvalue weighted by Gasteiger charge is -2.07. The highest BCUT2D eigenvalue weighted by Gasteiger charge is 2.00. The molecule has 0 saturated carbocycles. The van der Waals surface area contributed by atoms with E-state index in [-0.39, 0.29) is 6.61 Å². The van der Waals surface area contributed by atoms with Gasteiger partial charge in [0, 0.05) is 6.61 Å². The van der Waals surface area contributed by atoms with Crippen molar-refractivity contribution in [3.63, 3.8) is 0 Å². The number of allylic oxidation sites excluding steroid dienone is 1. The van der Waals surface area contributed by atoms with Crippen LogP contribution in [0.5, 0.6) is 0 Å². The number of aryl methyl sites for hydroxylation is 1. The smallest absolute Gasteiger partial charge is 0.0471 e. The Bertz CT molecular complexity index is 289. The van der Waals surface area contributed by atoms with Gasteiger partial charge in [0.25, 0.3) is 0 Å². The predicted molar refractivity (Wildman–Crippen MR) is 55.9 cm³/mol. The Kier molecular flexibility index (Phi) is 3.71. The molecule has 0 radical (unpaired) electrons. The Labute approximate surface area is 79.7 Å². The highest BCUT2D eigenvalue weighted by molar-refractivity contribution is 5.32. The molecule has 70 valence electrons. The van der Waals surface area contributed by atoms with Gasteiger partial charge in [-0.2, -0.15) is 0 Å². The van der Waals surface area contributed by atoms with Crippen molar-refractivity contribution in [1.82, 2.24) is 0 Å². The van der Waals surface area contributed by atoms with Crippen molar-refractivity contribution in [2.45, 2.75) is 19.8 Å². The summed E-state index contributed by atoms with van der Waals surface area (Å²) in [6, 6.07) is 6.34. The summed E-state index contributed by atoms with van der Waals surface area (Å²) in [5, 5.41) is 8.88. The summed E-state index contributed by atoms with van der Waals surface area (Å²) < 4.78 is 0. The molecule has 0 bridgehead atoms. The van der Waals surface area contributed by atoms with Gasteiger partial charge in [-0.3, -0.25) is 0 Å². The molecule has 0 aliphatic carbocycles. The molecule has 1 heteroatoms. The van der Waals surface area contributed by atoms with Crippen LogP contribution in [0.1, 0.15) is 16.7 Å². The van der Waals surface area contributed by atoms with Crippen LogP contribution in [0.2, 0.25) is 0 Å². The van der Waals surface area contributed by atoms with Crippen LogP contribution in [0, 0.1) is 6.92 Å². The predicted octanol–water partition coefficient (Wildman–Crippen LogP) is 2.26. The fraction of sp³-hybridized carbons (Fsp3) is 0.333. The molecule has 1 aromatic carbocycles. The van der Waals surface area contributed by atoms with Crippen molar-refractivity contribution >= 4 is 0 Å². The molecule has 0 spiro atoms. The fourth-order valence-corrected chi connectivity index (χ4v) is 1.46. The van der Waals surface area contributed by atoms with Crippen LogP contribution < -0.4 is 0 Å². The van der Waals surface area contributed by atoms with Gasteiger partial charge >= 0.3 is 0 Å². The first kappa shape index (κ1) is 10.0. The average Bonchev–Trinajstić information content (AvgIpc) is 2.10. The van der Waals surface area contributed by atoms with Crippen molar-refractivity contribution in [2.24, 2.45) is 0 Å². The third kappa shape index (κ3) is 2.71. The second-order valence-corrected chi connectivity index (χ2v) is 3.24. The van der Waals surface area contributed by atoms with Gasteiger partial charge in [0.15, 0.2) is 0 Å². The van der Waals surface area contributed by atoms with Crippen LogP contribution in [0.15, 0.2) is 30.9 Å². The molecular weight excluding hydrogens is 160 g/mol. The summed E-state index contributed by atoms with van der Waals surface area (Å²) in [7, 11) is 0. The molecule has 1 nitrogen and oxygen atoms in total. The van der Waals surface area contributed by atoms with E-state index in [1.165, 1.54) is 16.7 Å². The Morgan fingerprint density at radius 2 is 2.15 bits per heavy atom. The third-order valence-corrected chi connectivity index (χ3v) is 2.11. The van der Waals surface area contributed by atoms with Crippen LogP contribution in [0.4, 0.5) is 0 Å². The van der Waals surface area contributed by atoms with Gasteiger partial charge in [-0.15, -0.1) is 6.58 Å². The summed E-state index contributed by atoms with van der Waals surface area (Å²) >= 11 is 0. The Morgan fingerprint density at radius 1 is 1.38 bits per heavy atom. The van der Waals surface area contributed by atoms with Crippen molar-refractivity contribution in [3.8, 4) is 0 Å². The Balaban J connectivity index is 2.95. The zero-order chi connectivity index (χ0) is 9.68. The minimum absolute atomic E-state index is 0.216. The van der Waals surface area contributed by atoms with E-state index in [0.717, 1.165) is 12.8 Å². The molecule has 13 heavy (non-hydrogen) atoms. The van der Waals surface area contributed by atoms with Crippen LogP contribution >= 0.6 is 0 Å². The summed E-state index contributed by atoms with van der Waals surface area (Å²) in [4.78, 5) is 0. The van der Waals surface area contributed by atoms with Gasteiger partial charge < -0.3 is 5.11 Å². The number of aliphatic hydroxyl groups excluding tert-OH is 1. The van der Waals surface area contributed by atoms with E-state index in [4.69, 9.17) is 5.11 Å². The largest absolute Gasteiger partial charge is 0.396 e. The molecule has 1 rings (SSSR count).